The van der Waals surface area contributed by atoms with Gasteiger partial charge in [0.05, 0.1) is 17.6 Å². The van der Waals surface area contributed by atoms with E-state index in [4.69, 9.17) is 24.4 Å². The van der Waals surface area contributed by atoms with Crippen LogP contribution in [0.5, 0.6) is 5.75 Å². The zero-order chi connectivity index (χ0) is 20.4. The van der Waals surface area contributed by atoms with Crippen molar-refractivity contribution in [3.8, 4) is 11.8 Å². The highest BCUT2D eigenvalue weighted by Gasteiger charge is 2.37. The average molecular weight is 384 g/mol. The summed E-state index contributed by atoms with van der Waals surface area (Å²) in [6.45, 7) is 7.96. The number of aryl methyl sites for hydroxylation is 1. The van der Waals surface area contributed by atoms with Gasteiger partial charge in [0.15, 0.2) is 0 Å². The maximum absolute atomic E-state index is 12.6. The summed E-state index contributed by atoms with van der Waals surface area (Å²) in [5.74, 6) is 0.794. The average Bonchev–Trinajstić information content (AvgIpc) is 2.61. The van der Waals surface area contributed by atoms with Gasteiger partial charge < -0.3 is 24.4 Å². The van der Waals surface area contributed by atoms with Crippen LogP contribution in [-0.2, 0) is 9.47 Å². The van der Waals surface area contributed by atoms with Crippen LogP contribution in [0, 0.1) is 18.3 Å². The van der Waals surface area contributed by atoms with E-state index in [0.717, 1.165) is 11.3 Å². The summed E-state index contributed by atoms with van der Waals surface area (Å²) in [5, 5.41) is 9.67. The topological polar surface area (TPSA) is 108 Å². The van der Waals surface area contributed by atoms with Crippen LogP contribution in [0.3, 0.4) is 0 Å². The van der Waals surface area contributed by atoms with Gasteiger partial charge in [-0.2, -0.15) is 5.26 Å². The van der Waals surface area contributed by atoms with Crippen molar-refractivity contribution in [2.24, 2.45) is 5.73 Å². The molecule has 0 fully saturated rings. The Balaban J connectivity index is 2.11. The molecule has 1 aliphatic heterocycles. The van der Waals surface area contributed by atoms with Crippen LogP contribution >= 0.6 is 0 Å². The minimum Gasteiger partial charge on any atom is -0.493 e. The largest absolute Gasteiger partial charge is 0.493 e. The molecule has 7 heteroatoms. The van der Waals surface area contributed by atoms with E-state index in [2.05, 4.69) is 6.07 Å². The molecule has 2 aliphatic rings. The summed E-state index contributed by atoms with van der Waals surface area (Å²) < 4.78 is 22.5. The molecule has 0 saturated heterocycles. The molecular formula is C21H24N2O5. The fourth-order valence-electron chi connectivity index (χ4n) is 3.51. The number of nitrogens with two attached hydrogens (primary N) is 1. The lowest BCUT2D eigenvalue weighted by atomic mass is 9.80. The summed E-state index contributed by atoms with van der Waals surface area (Å²) in [6, 6.07) is 3.70. The molecule has 28 heavy (non-hydrogen) atoms. The molecule has 1 aromatic heterocycles. The van der Waals surface area contributed by atoms with Crippen molar-refractivity contribution in [1.29, 1.82) is 5.26 Å². The Morgan fingerprint density at radius 1 is 1.39 bits per heavy atom. The highest BCUT2D eigenvalue weighted by molar-refractivity contribution is 5.54. The molecule has 0 spiro atoms. The molecule has 1 aliphatic carbocycles. The van der Waals surface area contributed by atoms with Crippen LogP contribution in [0.4, 0.5) is 0 Å². The van der Waals surface area contributed by atoms with E-state index in [1.165, 1.54) is 0 Å². The molecule has 2 heterocycles. The zero-order valence-corrected chi connectivity index (χ0v) is 16.4. The Morgan fingerprint density at radius 2 is 2.14 bits per heavy atom. The minimum atomic E-state index is -0.648. The maximum Gasteiger partial charge on any atom is 0.343 e. The molecule has 3 rings (SSSR count). The zero-order valence-electron chi connectivity index (χ0n) is 16.4. The Labute approximate surface area is 163 Å². The van der Waals surface area contributed by atoms with E-state index in [0.29, 0.717) is 24.5 Å². The van der Waals surface area contributed by atoms with E-state index in [1.807, 2.05) is 32.9 Å². The van der Waals surface area contributed by atoms with Gasteiger partial charge in [-0.25, -0.2) is 4.79 Å². The molecule has 0 radical (unpaired) electrons. The number of allylic oxidation sites excluding steroid dienone is 3. The highest BCUT2D eigenvalue weighted by atomic mass is 16.5. The fraction of sp³-hybridized carbons (Fsp3) is 0.429. The highest BCUT2D eigenvalue weighted by Crippen LogP contribution is 2.43. The number of rotatable bonds is 5. The first-order chi connectivity index (χ1) is 13.3. The molecule has 0 aromatic carbocycles. The first kappa shape index (κ1) is 19.8. The molecular weight excluding hydrogens is 360 g/mol. The quantitative estimate of drug-likeness (QED) is 0.830. The molecule has 148 valence electrons. The van der Waals surface area contributed by atoms with Crippen LogP contribution in [0.2, 0.25) is 0 Å². The van der Waals surface area contributed by atoms with Crippen molar-refractivity contribution in [2.45, 2.75) is 52.2 Å². The van der Waals surface area contributed by atoms with Crippen molar-refractivity contribution in [3.63, 3.8) is 0 Å². The lowest BCUT2D eigenvalue weighted by molar-refractivity contribution is 0.0185. The summed E-state index contributed by atoms with van der Waals surface area (Å²) in [5.41, 5.74) is 6.73. The lowest BCUT2D eigenvalue weighted by Crippen LogP contribution is -2.30. The Kier molecular flexibility index (Phi) is 5.61. The smallest absolute Gasteiger partial charge is 0.343 e. The van der Waals surface area contributed by atoms with Crippen LogP contribution in [-0.4, -0.2) is 18.8 Å². The van der Waals surface area contributed by atoms with E-state index in [1.54, 1.807) is 13.0 Å². The third kappa shape index (κ3) is 3.69. The summed E-state index contributed by atoms with van der Waals surface area (Å²) in [6.07, 6.45) is 3.85. The number of nitrogens with zero attached hydrogens (tertiary/aromatic N) is 1. The number of fused-ring (bicyclic) bond motifs is 1. The van der Waals surface area contributed by atoms with Gasteiger partial charge in [-0.3, -0.25) is 0 Å². The third-order valence-electron chi connectivity index (χ3n) is 4.57. The Bertz CT molecular complexity index is 962. The normalized spacial score (nSPS) is 21.4. The van der Waals surface area contributed by atoms with Crippen molar-refractivity contribution < 1.29 is 18.6 Å². The standard InChI is InChI=1S/C21H24N2O5/c1-5-25-16-9-13(6-7-15(16)26-11(2)3)18-14(10-22)20(23)28-17-8-12(4)27-21(24)19(17)18/h6-8,11,16,18H,5,9,23H2,1-4H3/t16-,18+/m0/s1. The van der Waals surface area contributed by atoms with Gasteiger partial charge >= 0.3 is 5.63 Å². The summed E-state index contributed by atoms with van der Waals surface area (Å²) >= 11 is 0. The van der Waals surface area contributed by atoms with Crippen molar-refractivity contribution in [2.75, 3.05) is 6.61 Å². The van der Waals surface area contributed by atoms with Gasteiger partial charge in [-0.05, 0) is 33.8 Å². The predicted molar refractivity (Wildman–Crippen MR) is 102 cm³/mol. The van der Waals surface area contributed by atoms with Gasteiger partial charge in [0.1, 0.15) is 35.0 Å². The first-order valence-electron chi connectivity index (χ1n) is 9.26. The van der Waals surface area contributed by atoms with Gasteiger partial charge in [0.2, 0.25) is 5.88 Å². The maximum atomic E-state index is 12.6. The fourth-order valence-corrected chi connectivity index (χ4v) is 3.51. The molecule has 0 unspecified atom stereocenters. The number of hydrogen-bond acceptors (Lipinski definition) is 7. The van der Waals surface area contributed by atoms with Crippen molar-refractivity contribution >= 4 is 0 Å². The molecule has 0 amide bonds. The second-order valence-corrected chi connectivity index (χ2v) is 6.97. The summed E-state index contributed by atoms with van der Waals surface area (Å²) in [7, 11) is 0. The van der Waals surface area contributed by atoms with Crippen LogP contribution < -0.4 is 16.1 Å². The van der Waals surface area contributed by atoms with E-state index >= 15 is 0 Å². The molecule has 7 nitrogen and oxygen atoms in total. The summed E-state index contributed by atoms with van der Waals surface area (Å²) in [4.78, 5) is 12.6. The van der Waals surface area contributed by atoms with E-state index < -0.39 is 11.5 Å². The van der Waals surface area contributed by atoms with Gasteiger partial charge in [0, 0.05) is 19.1 Å². The second kappa shape index (κ2) is 7.95. The number of hydrogen-bond donors (Lipinski definition) is 1. The van der Waals surface area contributed by atoms with E-state index in [-0.39, 0.29) is 29.2 Å². The first-order valence-corrected chi connectivity index (χ1v) is 9.26. The Hall–Kier alpha value is -2.98. The minimum absolute atomic E-state index is 0.00735. The van der Waals surface area contributed by atoms with Crippen molar-refractivity contribution in [3.05, 3.63) is 62.8 Å². The molecule has 0 saturated carbocycles. The van der Waals surface area contributed by atoms with Crippen LogP contribution in [0.15, 0.2) is 50.2 Å². The number of ether oxygens (including phenoxy) is 3. The molecule has 1 aromatic rings. The van der Waals surface area contributed by atoms with Gasteiger partial charge in [-0.15, -0.1) is 0 Å². The molecule has 0 bridgehead atoms. The van der Waals surface area contributed by atoms with Gasteiger partial charge in [0.25, 0.3) is 0 Å². The molecule has 2 N–H and O–H groups in total. The number of nitriles is 1. The molecule has 2 atom stereocenters. The Morgan fingerprint density at radius 3 is 2.79 bits per heavy atom. The van der Waals surface area contributed by atoms with Gasteiger partial charge in [-0.1, -0.05) is 11.6 Å². The SMILES string of the molecule is CCO[C@H]1CC([C@@H]2C(C#N)=C(N)Oc3cc(C)oc(=O)c32)=CC=C1OC(C)C. The second-order valence-electron chi connectivity index (χ2n) is 6.97. The van der Waals surface area contributed by atoms with E-state index in [9.17, 15) is 10.1 Å². The van der Waals surface area contributed by atoms with Crippen LogP contribution in [0.25, 0.3) is 0 Å². The third-order valence-corrected chi connectivity index (χ3v) is 4.57. The predicted octanol–water partition coefficient (Wildman–Crippen LogP) is 3.16. The van der Waals surface area contributed by atoms with Crippen molar-refractivity contribution in [1.82, 2.24) is 0 Å². The van der Waals surface area contributed by atoms with Crippen LogP contribution in [0.1, 0.15) is 44.4 Å². The monoisotopic (exact) mass is 384 g/mol. The lowest BCUT2D eigenvalue weighted by Gasteiger charge is -2.31.